The standard InChI is InChI=1S/C20H24Cl2O2/c1-11(2)23-19-15(21)9-7-13(5)17(19)18-14(6)8-10-16(22)20(18)24-12(3)4/h7-12H,1-6H3. The smallest absolute Gasteiger partial charge is 0.146 e. The zero-order valence-corrected chi connectivity index (χ0v) is 16.5. The quantitative estimate of drug-likeness (QED) is 0.575. The molecule has 0 aliphatic heterocycles. The van der Waals surface area contributed by atoms with Gasteiger partial charge in [0.1, 0.15) is 11.5 Å². The Morgan fingerprint density at radius 1 is 0.667 bits per heavy atom. The molecule has 0 N–H and O–H groups in total. The minimum absolute atomic E-state index is 0.0111. The van der Waals surface area contributed by atoms with Gasteiger partial charge in [0.25, 0.3) is 0 Å². The maximum absolute atomic E-state index is 6.45. The van der Waals surface area contributed by atoms with Crippen molar-refractivity contribution >= 4 is 23.2 Å². The molecule has 0 aliphatic carbocycles. The summed E-state index contributed by atoms with van der Waals surface area (Å²) < 4.78 is 12.1. The first kappa shape index (κ1) is 19.0. The SMILES string of the molecule is Cc1ccc(Cl)c(OC(C)C)c1-c1c(C)ccc(Cl)c1OC(C)C. The molecule has 0 saturated carbocycles. The number of aryl methyl sites for hydroxylation is 2. The molecule has 0 aromatic heterocycles. The highest BCUT2D eigenvalue weighted by Gasteiger charge is 2.22. The lowest BCUT2D eigenvalue weighted by molar-refractivity contribution is 0.239. The third kappa shape index (κ3) is 3.99. The van der Waals surface area contributed by atoms with Crippen LogP contribution in [0, 0.1) is 13.8 Å². The van der Waals surface area contributed by atoms with Crippen LogP contribution in [0.2, 0.25) is 10.0 Å². The van der Waals surface area contributed by atoms with Gasteiger partial charge >= 0.3 is 0 Å². The van der Waals surface area contributed by atoms with Gasteiger partial charge in [-0.3, -0.25) is 0 Å². The predicted octanol–water partition coefficient (Wildman–Crippen LogP) is 6.85. The van der Waals surface area contributed by atoms with Crippen LogP contribution in [0.25, 0.3) is 11.1 Å². The van der Waals surface area contributed by atoms with Gasteiger partial charge in [-0.15, -0.1) is 0 Å². The van der Waals surface area contributed by atoms with Gasteiger partial charge in [0.15, 0.2) is 0 Å². The van der Waals surface area contributed by atoms with E-state index in [-0.39, 0.29) is 12.2 Å². The number of hydrogen-bond acceptors (Lipinski definition) is 2. The Kier molecular flexibility index (Phi) is 6.06. The van der Waals surface area contributed by atoms with Crippen molar-refractivity contribution in [3.05, 3.63) is 45.4 Å². The topological polar surface area (TPSA) is 18.5 Å². The normalized spacial score (nSPS) is 11.2. The number of hydrogen-bond donors (Lipinski definition) is 0. The lowest BCUT2D eigenvalue weighted by Crippen LogP contribution is -2.10. The van der Waals surface area contributed by atoms with Crippen LogP contribution in [0.1, 0.15) is 38.8 Å². The van der Waals surface area contributed by atoms with Crippen molar-refractivity contribution < 1.29 is 9.47 Å². The molecule has 2 nitrogen and oxygen atoms in total. The van der Waals surface area contributed by atoms with Gasteiger partial charge in [-0.2, -0.15) is 0 Å². The molecule has 0 heterocycles. The Morgan fingerprint density at radius 3 is 1.29 bits per heavy atom. The van der Waals surface area contributed by atoms with Crippen molar-refractivity contribution in [3.8, 4) is 22.6 Å². The fraction of sp³-hybridized carbons (Fsp3) is 0.400. The average Bonchev–Trinajstić information content (AvgIpc) is 2.48. The van der Waals surface area contributed by atoms with E-state index in [0.717, 1.165) is 22.3 Å². The molecule has 0 aliphatic rings. The molecular weight excluding hydrogens is 343 g/mol. The van der Waals surface area contributed by atoms with Crippen LogP contribution in [0.15, 0.2) is 24.3 Å². The van der Waals surface area contributed by atoms with Gasteiger partial charge in [-0.1, -0.05) is 35.3 Å². The Hall–Kier alpha value is -1.38. The Labute approximate surface area is 154 Å². The maximum Gasteiger partial charge on any atom is 0.146 e. The largest absolute Gasteiger partial charge is 0.489 e. The molecule has 0 unspecified atom stereocenters. The molecule has 24 heavy (non-hydrogen) atoms. The minimum Gasteiger partial charge on any atom is -0.489 e. The third-order valence-corrected chi connectivity index (χ3v) is 4.19. The van der Waals surface area contributed by atoms with E-state index in [9.17, 15) is 0 Å². The van der Waals surface area contributed by atoms with Crippen LogP contribution in [-0.2, 0) is 0 Å². The van der Waals surface area contributed by atoms with E-state index in [2.05, 4.69) is 0 Å². The lowest BCUT2D eigenvalue weighted by Gasteiger charge is -2.23. The predicted molar refractivity (Wildman–Crippen MR) is 103 cm³/mol. The second-order valence-electron chi connectivity index (χ2n) is 6.47. The van der Waals surface area contributed by atoms with Crippen molar-refractivity contribution in [2.24, 2.45) is 0 Å². The fourth-order valence-electron chi connectivity index (χ4n) is 2.63. The number of halogens is 2. The molecule has 2 aromatic rings. The van der Waals surface area contributed by atoms with Gasteiger partial charge in [0, 0.05) is 11.1 Å². The molecular formula is C20H24Cl2O2. The molecule has 0 radical (unpaired) electrons. The summed E-state index contributed by atoms with van der Waals surface area (Å²) in [5.41, 5.74) is 4.00. The summed E-state index contributed by atoms with van der Waals surface area (Å²) in [5.74, 6) is 1.34. The maximum atomic E-state index is 6.45. The van der Waals surface area contributed by atoms with E-state index in [4.69, 9.17) is 32.7 Å². The summed E-state index contributed by atoms with van der Waals surface area (Å²) in [6, 6.07) is 7.70. The van der Waals surface area contributed by atoms with Crippen molar-refractivity contribution in [1.82, 2.24) is 0 Å². The molecule has 2 rings (SSSR count). The highest BCUT2D eigenvalue weighted by molar-refractivity contribution is 6.33. The van der Waals surface area contributed by atoms with Gasteiger partial charge < -0.3 is 9.47 Å². The Morgan fingerprint density at radius 2 is 1.00 bits per heavy atom. The first-order chi connectivity index (χ1) is 11.2. The van der Waals surface area contributed by atoms with Gasteiger partial charge in [-0.05, 0) is 64.8 Å². The zero-order valence-electron chi connectivity index (χ0n) is 15.0. The summed E-state index contributed by atoms with van der Waals surface area (Å²) in [6.45, 7) is 12.0. The molecule has 0 fully saturated rings. The van der Waals surface area contributed by atoms with Crippen molar-refractivity contribution in [3.63, 3.8) is 0 Å². The lowest BCUT2D eigenvalue weighted by atomic mass is 9.94. The molecule has 2 aromatic carbocycles. The van der Waals surface area contributed by atoms with E-state index in [0.29, 0.717) is 21.5 Å². The van der Waals surface area contributed by atoms with Crippen LogP contribution in [0.5, 0.6) is 11.5 Å². The molecule has 0 spiro atoms. The van der Waals surface area contributed by atoms with Gasteiger partial charge in [-0.25, -0.2) is 0 Å². The van der Waals surface area contributed by atoms with E-state index in [1.165, 1.54) is 0 Å². The van der Waals surface area contributed by atoms with E-state index < -0.39 is 0 Å². The van der Waals surface area contributed by atoms with Crippen LogP contribution >= 0.6 is 23.2 Å². The van der Waals surface area contributed by atoms with Crippen molar-refractivity contribution in [2.45, 2.75) is 53.8 Å². The van der Waals surface area contributed by atoms with Crippen LogP contribution < -0.4 is 9.47 Å². The highest BCUT2D eigenvalue weighted by Crippen LogP contribution is 2.47. The van der Waals surface area contributed by atoms with Crippen molar-refractivity contribution in [1.29, 1.82) is 0 Å². The number of rotatable bonds is 5. The molecule has 130 valence electrons. The summed E-state index contributed by atoms with van der Waals surface area (Å²) in [7, 11) is 0. The monoisotopic (exact) mass is 366 g/mol. The summed E-state index contributed by atoms with van der Waals surface area (Å²) in [6.07, 6.45) is 0.0222. The first-order valence-corrected chi connectivity index (χ1v) is 8.89. The summed E-state index contributed by atoms with van der Waals surface area (Å²) in [5, 5.41) is 1.17. The second kappa shape index (κ2) is 7.67. The van der Waals surface area contributed by atoms with E-state index in [1.807, 2.05) is 65.8 Å². The summed E-state index contributed by atoms with van der Waals surface area (Å²) >= 11 is 12.9. The fourth-order valence-corrected chi connectivity index (χ4v) is 3.04. The average molecular weight is 367 g/mol. The molecule has 0 amide bonds. The van der Waals surface area contributed by atoms with Crippen molar-refractivity contribution in [2.75, 3.05) is 0 Å². The van der Waals surface area contributed by atoms with Crippen LogP contribution in [0.4, 0.5) is 0 Å². The number of ether oxygens (including phenoxy) is 2. The molecule has 4 heteroatoms. The van der Waals surface area contributed by atoms with Gasteiger partial charge in [0.2, 0.25) is 0 Å². The summed E-state index contributed by atoms with van der Waals surface area (Å²) in [4.78, 5) is 0. The van der Waals surface area contributed by atoms with E-state index >= 15 is 0 Å². The zero-order chi connectivity index (χ0) is 18.0. The Balaban J connectivity index is 2.81. The molecule has 0 atom stereocenters. The first-order valence-electron chi connectivity index (χ1n) is 8.14. The molecule has 0 bridgehead atoms. The minimum atomic E-state index is 0.0111. The highest BCUT2D eigenvalue weighted by atomic mass is 35.5. The van der Waals surface area contributed by atoms with Gasteiger partial charge in [0.05, 0.1) is 22.3 Å². The Bertz CT molecular complexity index is 673. The third-order valence-electron chi connectivity index (χ3n) is 3.59. The van der Waals surface area contributed by atoms with E-state index in [1.54, 1.807) is 0 Å². The number of benzene rings is 2. The van der Waals surface area contributed by atoms with Crippen LogP contribution in [-0.4, -0.2) is 12.2 Å². The molecule has 0 saturated heterocycles. The van der Waals surface area contributed by atoms with Crippen LogP contribution in [0.3, 0.4) is 0 Å². The second-order valence-corrected chi connectivity index (χ2v) is 7.28.